The van der Waals surface area contributed by atoms with Gasteiger partial charge in [0.1, 0.15) is 5.82 Å². The monoisotopic (exact) mass is 695 g/mol. The molecule has 0 bridgehead atoms. The van der Waals surface area contributed by atoms with E-state index in [9.17, 15) is 0 Å². The molecule has 10 aromatic rings. The molecule has 4 heteroatoms. The molecule has 1 aliphatic carbocycles. The zero-order valence-electron chi connectivity index (χ0n) is 29.3. The number of hydrogen-bond acceptors (Lipinski definition) is 3. The third kappa shape index (κ3) is 4.46. The highest BCUT2D eigenvalue weighted by Gasteiger charge is 2.38. The molecule has 3 heterocycles. The Morgan fingerprint density at radius 1 is 0.509 bits per heavy atom. The number of rotatable bonds is 4. The van der Waals surface area contributed by atoms with Gasteiger partial charge in [-0.1, -0.05) is 147 Å². The van der Waals surface area contributed by atoms with Crippen LogP contribution in [-0.2, 0) is 5.41 Å². The van der Waals surface area contributed by atoms with Crippen LogP contribution in [0.2, 0.25) is 0 Å². The van der Waals surface area contributed by atoms with Gasteiger partial charge in [-0.15, -0.1) is 11.3 Å². The van der Waals surface area contributed by atoms with Crippen molar-refractivity contribution in [3.05, 3.63) is 175 Å². The van der Waals surface area contributed by atoms with Crippen molar-refractivity contribution in [2.45, 2.75) is 19.3 Å². The SMILES string of the molecule is CC1(C)c2ccccc2-c2ccc3c(c21)c1ccccc1n3-c1cc(-c2ccc(-c3ccccc3)cc2)nc(-c2cccc3c2sc2ccccc23)n1. The number of hydrogen-bond donors (Lipinski definition) is 0. The van der Waals surface area contributed by atoms with Gasteiger partial charge in [0.25, 0.3) is 0 Å². The van der Waals surface area contributed by atoms with Gasteiger partial charge in [-0.2, -0.15) is 0 Å². The highest BCUT2D eigenvalue weighted by atomic mass is 32.1. The van der Waals surface area contributed by atoms with Crippen LogP contribution < -0.4 is 0 Å². The number of fused-ring (bicyclic) bond motifs is 10. The summed E-state index contributed by atoms with van der Waals surface area (Å²) in [5.74, 6) is 1.58. The summed E-state index contributed by atoms with van der Waals surface area (Å²) in [5.41, 5.74) is 12.9. The maximum atomic E-state index is 5.49. The summed E-state index contributed by atoms with van der Waals surface area (Å²) in [7, 11) is 0. The molecule has 0 saturated carbocycles. The third-order valence-electron chi connectivity index (χ3n) is 11.2. The molecule has 3 aromatic heterocycles. The summed E-state index contributed by atoms with van der Waals surface area (Å²) in [6.07, 6.45) is 0. The van der Waals surface area contributed by atoms with E-state index in [0.29, 0.717) is 0 Å². The van der Waals surface area contributed by atoms with Gasteiger partial charge in [-0.05, 0) is 57.6 Å². The van der Waals surface area contributed by atoms with Crippen LogP contribution in [-0.4, -0.2) is 14.5 Å². The molecule has 0 unspecified atom stereocenters. The molecule has 250 valence electrons. The fraction of sp³-hybridized carbons (Fsp3) is 0.0612. The molecular weight excluding hydrogens is 663 g/mol. The second-order valence-corrected chi connectivity index (χ2v) is 15.6. The van der Waals surface area contributed by atoms with Gasteiger partial charge >= 0.3 is 0 Å². The van der Waals surface area contributed by atoms with Crippen LogP contribution in [0.3, 0.4) is 0 Å². The molecule has 0 atom stereocenters. The van der Waals surface area contributed by atoms with E-state index in [1.54, 1.807) is 0 Å². The summed E-state index contributed by atoms with van der Waals surface area (Å²) in [4.78, 5) is 10.8. The summed E-state index contributed by atoms with van der Waals surface area (Å²) in [6, 6.07) is 59.0. The first-order valence-corrected chi connectivity index (χ1v) is 19.0. The number of para-hydroxylation sites is 1. The first-order valence-electron chi connectivity index (χ1n) is 18.2. The van der Waals surface area contributed by atoms with Crippen LogP contribution in [0, 0.1) is 0 Å². The Morgan fingerprint density at radius 2 is 1.19 bits per heavy atom. The van der Waals surface area contributed by atoms with Crippen molar-refractivity contribution in [1.29, 1.82) is 0 Å². The van der Waals surface area contributed by atoms with Crippen molar-refractivity contribution in [3.63, 3.8) is 0 Å². The lowest BCUT2D eigenvalue weighted by atomic mass is 9.80. The summed E-state index contributed by atoms with van der Waals surface area (Å²) in [6.45, 7) is 4.74. The number of thiophene rings is 1. The lowest BCUT2D eigenvalue weighted by Gasteiger charge is -2.22. The Hall–Kier alpha value is -6.36. The minimum atomic E-state index is -0.153. The number of benzene rings is 7. The topological polar surface area (TPSA) is 30.7 Å². The molecule has 0 saturated heterocycles. The Labute approximate surface area is 311 Å². The molecule has 11 rings (SSSR count). The quantitative estimate of drug-likeness (QED) is 0.183. The average Bonchev–Trinajstić information content (AvgIpc) is 3.84. The first kappa shape index (κ1) is 30.3. The molecule has 1 aliphatic rings. The van der Waals surface area contributed by atoms with Gasteiger partial charge in [0, 0.05) is 53.6 Å². The molecule has 0 N–H and O–H groups in total. The van der Waals surface area contributed by atoms with Crippen LogP contribution in [0.1, 0.15) is 25.0 Å². The van der Waals surface area contributed by atoms with E-state index in [4.69, 9.17) is 9.97 Å². The largest absolute Gasteiger partial charge is 0.294 e. The minimum Gasteiger partial charge on any atom is -0.294 e. The average molecular weight is 696 g/mol. The summed E-state index contributed by atoms with van der Waals surface area (Å²) < 4.78 is 4.83. The summed E-state index contributed by atoms with van der Waals surface area (Å²) in [5, 5.41) is 5.03. The molecular formula is C49H33N3S. The van der Waals surface area contributed by atoms with E-state index in [-0.39, 0.29) is 5.41 Å². The van der Waals surface area contributed by atoms with Crippen LogP contribution in [0.15, 0.2) is 164 Å². The fourth-order valence-corrected chi connectivity index (χ4v) is 9.99. The van der Waals surface area contributed by atoms with Crippen LogP contribution >= 0.6 is 11.3 Å². The molecule has 0 aliphatic heterocycles. The Kier molecular flexibility index (Phi) is 6.47. The first-order chi connectivity index (χ1) is 26.0. The Bertz CT molecular complexity index is 3080. The third-order valence-corrected chi connectivity index (χ3v) is 12.4. The van der Waals surface area contributed by atoms with Gasteiger partial charge in [0.2, 0.25) is 0 Å². The van der Waals surface area contributed by atoms with E-state index in [1.807, 2.05) is 11.3 Å². The molecule has 0 spiro atoms. The molecule has 0 fully saturated rings. The fourth-order valence-electron chi connectivity index (χ4n) is 8.78. The van der Waals surface area contributed by atoms with E-state index in [0.717, 1.165) is 39.5 Å². The van der Waals surface area contributed by atoms with Crippen LogP contribution in [0.25, 0.3) is 92.7 Å². The predicted octanol–water partition coefficient (Wildman–Crippen LogP) is 13.2. The molecule has 7 aromatic carbocycles. The van der Waals surface area contributed by atoms with Crippen molar-refractivity contribution in [3.8, 4) is 50.7 Å². The maximum Gasteiger partial charge on any atom is 0.163 e. The number of nitrogens with zero attached hydrogens (tertiary/aromatic N) is 3. The van der Waals surface area contributed by atoms with E-state index >= 15 is 0 Å². The normalized spacial score (nSPS) is 13.2. The zero-order chi connectivity index (χ0) is 35.3. The van der Waals surface area contributed by atoms with E-state index in [2.05, 4.69) is 182 Å². The van der Waals surface area contributed by atoms with Gasteiger partial charge in [0.15, 0.2) is 5.82 Å². The second kappa shape index (κ2) is 11.3. The lowest BCUT2D eigenvalue weighted by Crippen LogP contribution is -2.15. The molecule has 0 amide bonds. The van der Waals surface area contributed by atoms with Gasteiger partial charge in [-0.25, -0.2) is 9.97 Å². The van der Waals surface area contributed by atoms with Crippen LogP contribution in [0.4, 0.5) is 0 Å². The predicted molar refractivity (Wildman–Crippen MR) is 223 cm³/mol. The molecule has 0 radical (unpaired) electrons. The van der Waals surface area contributed by atoms with Gasteiger partial charge < -0.3 is 0 Å². The molecule has 53 heavy (non-hydrogen) atoms. The van der Waals surface area contributed by atoms with Crippen molar-refractivity contribution in [2.75, 3.05) is 0 Å². The molecule has 3 nitrogen and oxygen atoms in total. The minimum absolute atomic E-state index is 0.153. The van der Waals surface area contributed by atoms with E-state index < -0.39 is 0 Å². The second-order valence-electron chi connectivity index (χ2n) is 14.6. The van der Waals surface area contributed by atoms with Crippen LogP contribution in [0.5, 0.6) is 0 Å². The zero-order valence-corrected chi connectivity index (χ0v) is 30.2. The van der Waals surface area contributed by atoms with Crippen molar-refractivity contribution < 1.29 is 0 Å². The standard InChI is InChI=1S/C49H33N3S/c1-49(2)39-20-9-6-15-33(39)35-27-28-42-45(46(35)49)37-17-7-10-21-41(37)52(42)44-29-40(32-25-23-31(24-26-32)30-13-4-3-5-14-30)50-48(51-44)38-19-12-18-36-34-16-8-11-22-43(34)53-47(36)38/h3-29H,1-2H3. The van der Waals surface area contributed by atoms with Crippen molar-refractivity contribution in [1.82, 2.24) is 14.5 Å². The smallest absolute Gasteiger partial charge is 0.163 e. The Balaban J connectivity index is 1.19. The van der Waals surface area contributed by atoms with E-state index in [1.165, 1.54) is 64.3 Å². The van der Waals surface area contributed by atoms with Crippen molar-refractivity contribution in [2.24, 2.45) is 0 Å². The number of aromatic nitrogens is 3. The van der Waals surface area contributed by atoms with Gasteiger partial charge in [0.05, 0.1) is 16.7 Å². The maximum absolute atomic E-state index is 5.49. The Morgan fingerprint density at radius 3 is 2.06 bits per heavy atom. The highest BCUT2D eigenvalue weighted by Crippen LogP contribution is 2.53. The lowest BCUT2D eigenvalue weighted by molar-refractivity contribution is 0.666. The van der Waals surface area contributed by atoms with Gasteiger partial charge in [-0.3, -0.25) is 4.57 Å². The van der Waals surface area contributed by atoms with Crippen molar-refractivity contribution >= 4 is 53.3 Å². The summed E-state index contributed by atoms with van der Waals surface area (Å²) >= 11 is 1.81. The highest BCUT2D eigenvalue weighted by molar-refractivity contribution is 7.26.